The number of unbranched alkanes of at least 4 members (excludes halogenated alkanes) is 1. The molecule has 1 nitrogen and oxygen atoms in total. The molecule has 0 aromatic heterocycles. The predicted molar refractivity (Wildman–Crippen MR) is 60.0 cm³/mol. The monoisotopic (exact) mass is 249 g/mol. The normalized spacial score (nSPS) is 13.2. The maximum Gasteiger partial charge on any atom is 0.106 e. The molecule has 12 heavy (non-hydrogen) atoms. The van der Waals surface area contributed by atoms with Crippen molar-refractivity contribution in [3.63, 3.8) is 0 Å². The van der Waals surface area contributed by atoms with Crippen molar-refractivity contribution in [3.05, 3.63) is 23.3 Å². The van der Waals surface area contributed by atoms with Crippen molar-refractivity contribution in [1.82, 2.24) is 0 Å². The van der Waals surface area contributed by atoms with Gasteiger partial charge in [0.25, 0.3) is 0 Å². The van der Waals surface area contributed by atoms with Crippen LogP contribution in [0.1, 0.15) is 26.2 Å². The number of aliphatic imine (C=N–C) groups is 1. The van der Waals surface area contributed by atoms with E-state index in [4.69, 9.17) is 11.6 Å². The van der Waals surface area contributed by atoms with Crippen LogP contribution in [0.25, 0.3) is 0 Å². The highest BCUT2D eigenvalue weighted by molar-refractivity contribution is 9.11. The first kappa shape index (κ1) is 11.9. The Morgan fingerprint density at radius 2 is 2.33 bits per heavy atom. The van der Waals surface area contributed by atoms with Gasteiger partial charge in [-0.05, 0) is 22.4 Å². The molecule has 0 N–H and O–H groups in total. The van der Waals surface area contributed by atoms with Crippen molar-refractivity contribution in [1.29, 1.82) is 0 Å². The highest BCUT2D eigenvalue weighted by Crippen LogP contribution is 2.07. The van der Waals surface area contributed by atoms with E-state index in [1.165, 1.54) is 0 Å². The van der Waals surface area contributed by atoms with Crippen LogP contribution in [-0.2, 0) is 0 Å². The van der Waals surface area contributed by atoms with E-state index in [1.807, 2.05) is 0 Å². The fourth-order valence-electron chi connectivity index (χ4n) is 0.572. The SMILES string of the molecule is C=C/C(Br)=C\N=C(Cl)CCCC. The van der Waals surface area contributed by atoms with Gasteiger partial charge in [-0.2, -0.15) is 0 Å². The molecule has 0 saturated heterocycles. The summed E-state index contributed by atoms with van der Waals surface area (Å²) in [6.07, 6.45) is 6.41. The molecule has 0 bridgehead atoms. The van der Waals surface area contributed by atoms with Crippen LogP contribution in [0.2, 0.25) is 0 Å². The van der Waals surface area contributed by atoms with E-state index < -0.39 is 0 Å². The number of nitrogens with zero attached hydrogens (tertiary/aromatic N) is 1. The van der Waals surface area contributed by atoms with Crippen LogP contribution in [0.3, 0.4) is 0 Å². The molecule has 0 rings (SSSR count). The van der Waals surface area contributed by atoms with Crippen molar-refractivity contribution < 1.29 is 0 Å². The van der Waals surface area contributed by atoms with Crippen LogP contribution in [-0.4, -0.2) is 5.17 Å². The number of rotatable bonds is 5. The van der Waals surface area contributed by atoms with E-state index in [9.17, 15) is 0 Å². The van der Waals surface area contributed by atoms with E-state index in [0.29, 0.717) is 5.17 Å². The Morgan fingerprint density at radius 3 is 2.83 bits per heavy atom. The zero-order valence-corrected chi connectivity index (χ0v) is 9.53. The van der Waals surface area contributed by atoms with Gasteiger partial charge in [0, 0.05) is 17.1 Å². The largest absolute Gasteiger partial charge is 0.248 e. The third-order valence-electron chi connectivity index (χ3n) is 1.26. The van der Waals surface area contributed by atoms with Gasteiger partial charge < -0.3 is 0 Å². The summed E-state index contributed by atoms with van der Waals surface area (Å²) in [7, 11) is 0. The molecule has 3 heteroatoms. The Hall–Kier alpha value is -0.0800. The van der Waals surface area contributed by atoms with E-state index in [1.54, 1.807) is 12.3 Å². The summed E-state index contributed by atoms with van der Waals surface area (Å²) in [6, 6.07) is 0. The van der Waals surface area contributed by atoms with Crippen LogP contribution >= 0.6 is 27.5 Å². The highest BCUT2D eigenvalue weighted by Gasteiger charge is 1.91. The van der Waals surface area contributed by atoms with Gasteiger partial charge in [0.15, 0.2) is 0 Å². The van der Waals surface area contributed by atoms with Crippen molar-refractivity contribution in [2.45, 2.75) is 26.2 Å². The first-order chi connectivity index (χ1) is 5.70. The standard InChI is InChI=1S/C9H13BrClN/c1-3-5-6-9(11)12-7-8(10)4-2/h4,7H,2-3,5-6H2,1H3/b8-7+,12-9?. The highest BCUT2D eigenvalue weighted by atomic mass is 79.9. The molecule has 68 valence electrons. The Balaban J connectivity index is 3.90. The van der Waals surface area contributed by atoms with Crippen LogP contribution in [0.4, 0.5) is 0 Å². The minimum atomic E-state index is 0.649. The van der Waals surface area contributed by atoms with Crippen LogP contribution in [0, 0.1) is 0 Å². The molecule has 0 aromatic carbocycles. The molecule has 0 atom stereocenters. The first-order valence-corrected chi connectivity index (χ1v) is 5.08. The summed E-state index contributed by atoms with van der Waals surface area (Å²) < 4.78 is 0.845. The van der Waals surface area contributed by atoms with Crippen molar-refractivity contribution in [2.75, 3.05) is 0 Å². The fraction of sp³-hybridized carbons (Fsp3) is 0.444. The fourth-order valence-corrected chi connectivity index (χ4v) is 0.856. The van der Waals surface area contributed by atoms with Crippen LogP contribution in [0.15, 0.2) is 28.3 Å². The summed E-state index contributed by atoms with van der Waals surface area (Å²) >= 11 is 9.06. The average Bonchev–Trinajstić information content (AvgIpc) is 2.10. The van der Waals surface area contributed by atoms with Gasteiger partial charge in [-0.3, -0.25) is 0 Å². The number of hydrogen-bond donors (Lipinski definition) is 0. The van der Waals surface area contributed by atoms with Gasteiger partial charge in [-0.25, -0.2) is 4.99 Å². The predicted octanol–water partition coefficient (Wildman–Crippen LogP) is 4.24. The molecule has 0 heterocycles. The lowest BCUT2D eigenvalue weighted by Crippen LogP contribution is -1.85. The van der Waals surface area contributed by atoms with E-state index in [2.05, 4.69) is 34.4 Å². The van der Waals surface area contributed by atoms with Crippen molar-refractivity contribution >= 4 is 32.7 Å². The summed E-state index contributed by atoms with van der Waals surface area (Å²) in [6.45, 7) is 5.70. The average molecular weight is 251 g/mol. The lowest BCUT2D eigenvalue weighted by molar-refractivity contribution is 0.840. The minimum Gasteiger partial charge on any atom is -0.248 e. The second-order valence-corrected chi connectivity index (χ2v) is 3.68. The molecule has 0 spiro atoms. The molecule has 0 aliphatic carbocycles. The van der Waals surface area contributed by atoms with Gasteiger partial charge in [0.2, 0.25) is 0 Å². The first-order valence-electron chi connectivity index (χ1n) is 3.91. The van der Waals surface area contributed by atoms with E-state index in [-0.39, 0.29) is 0 Å². The Bertz CT molecular complexity index is 197. The third kappa shape index (κ3) is 6.62. The molecule has 0 aromatic rings. The number of halogens is 2. The van der Waals surface area contributed by atoms with E-state index in [0.717, 1.165) is 23.7 Å². The Morgan fingerprint density at radius 1 is 1.67 bits per heavy atom. The minimum absolute atomic E-state index is 0.649. The summed E-state index contributed by atoms with van der Waals surface area (Å²) in [4.78, 5) is 4.03. The van der Waals surface area contributed by atoms with Gasteiger partial charge >= 0.3 is 0 Å². The Kier molecular flexibility index (Phi) is 7.51. The topological polar surface area (TPSA) is 12.4 Å². The lowest BCUT2D eigenvalue weighted by Gasteiger charge is -1.93. The molecule has 0 unspecified atom stereocenters. The van der Waals surface area contributed by atoms with Crippen LogP contribution in [0.5, 0.6) is 0 Å². The molecule has 0 radical (unpaired) electrons. The molecule has 0 aliphatic heterocycles. The second-order valence-electron chi connectivity index (χ2n) is 2.33. The molecular weight excluding hydrogens is 237 g/mol. The zero-order valence-electron chi connectivity index (χ0n) is 7.19. The number of allylic oxidation sites excluding steroid dienone is 2. The number of hydrogen-bond acceptors (Lipinski definition) is 1. The Labute approximate surface area is 87.3 Å². The van der Waals surface area contributed by atoms with Crippen LogP contribution < -0.4 is 0 Å². The second kappa shape index (κ2) is 7.56. The summed E-state index contributed by atoms with van der Waals surface area (Å²) in [5, 5.41) is 0.649. The molecule has 0 aliphatic rings. The quantitative estimate of drug-likeness (QED) is 0.511. The van der Waals surface area contributed by atoms with E-state index >= 15 is 0 Å². The summed E-state index contributed by atoms with van der Waals surface area (Å²) in [5.41, 5.74) is 0. The lowest BCUT2D eigenvalue weighted by atomic mass is 10.3. The molecule has 0 fully saturated rings. The molecule has 0 saturated carbocycles. The molecule has 0 amide bonds. The zero-order chi connectivity index (χ0) is 9.40. The summed E-state index contributed by atoms with van der Waals surface area (Å²) in [5.74, 6) is 0. The van der Waals surface area contributed by atoms with Gasteiger partial charge in [-0.1, -0.05) is 37.6 Å². The molecular formula is C9H13BrClN. The van der Waals surface area contributed by atoms with Crippen molar-refractivity contribution in [2.24, 2.45) is 4.99 Å². The smallest absolute Gasteiger partial charge is 0.106 e. The third-order valence-corrected chi connectivity index (χ3v) is 2.07. The maximum absolute atomic E-state index is 5.81. The maximum atomic E-state index is 5.81. The van der Waals surface area contributed by atoms with Crippen molar-refractivity contribution in [3.8, 4) is 0 Å². The van der Waals surface area contributed by atoms with Gasteiger partial charge in [0.1, 0.15) is 5.17 Å². The van der Waals surface area contributed by atoms with Gasteiger partial charge in [-0.15, -0.1) is 0 Å². The van der Waals surface area contributed by atoms with Gasteiger partial charge in [0.05, 0.1) is 0 Å².